The molecular weight excluding hydrogens is 232 g/mol. The highest BCUT2D eigenvalue weighted by Crippen LogP contribution is 2.21. The molecule has 0 aromatic carbocycles. The van der Waals surface area contributed by atoms with Crippen LogP contribution in [0.25, 0.3) is 0 Å². The minimum absolute atomic E-state index is 0.120. The van der Waals surface area contributed by atoms with Crippen LogP contribution >= 0.6 is 11.3 Å². The van der Waals surface area contributed by atoms with E-state index in [1.807, 2.05) is 10.3 Å². The van der Waals surface area contributed by atoms with Crippen molar-refractivity contribution in [3.8, 4) is 0 Å². The molecule has 0 radical (unpaired) electrons. The smallest absolute Gasteiger partial charge is 0.273 e. The average molecular weight is 252 g/mol. The van der Waals surface area contributed by atoms with Gasteiger partial charge in [0.25, 0.3) is 5.91 Å². The van der Waals surface area contributed by atoms with E-state index in [0.717, 1.165) is 30.9 Å². The van der Waals surface area contributed by atoms with Gasteiger partial charge in [-0.2, -0.15) is 0 Å². The van der Waals surface area contributed by atoms with Gasteiger partial charge in [0.1, 0.15) is 5.69 Å². The quantitative estimate of drug-likeness (QED) is 0.809. The summed E-state index contributed by atoms with van der Waals surface area (Å²) < 4.78 is 0. The largest absolute Gasteiger partial charge is 0.337 e. The molecular formula is C13H20N2OS. The topological polar surface area (TPSA) is 33.2 Å². The fourth-order valence-corrected chi connectivity index (χ4v) is 2.90. The monoisotopic (exact) mass is 252 g/mol. The van der Waals surface area contributed by atoms with Crippen molar-refractivity contribution < 1.29 is 4.79 Å². The van der Waals surface area contributed by atoms with Crippen molar-refractivity contribution in [3.63, 3.8) is 0 Å². The second-order valence-corrected chi connectivity index (χ2v) is 5.82. The van der Waals surface area contributed by atoms with Crippen LogP contribution in [-0.2, 0) is 0 Å². The van der Waals surface area contributed by atoms with Crippen molar-refractivity contribution in [2.75, 3.05) is 13.1 Å². The molecule has 1 aromatic heterocycles. The van der Waals surface area contributed by atoms with Gasteiger partial charge < -0.3 is 4.90 Å². The average Bonchev–Trinajstić information content (AvgIpc) is 2.65. The predicted molar refractivity (Wildman–Crippen MR) is 70.6 cm³/mol. The van der Waals surface area contributed by atoms with Crippen molar-refractivity contribution in [1.82, 2.24) is 9.88 Å². The van der Waals surface area contributed by atoms with E-state index in [4.69, 9.17) is 0 Å². The molecule has 2 rings (SSSR count). The van der Waals surface area contributed by atoms with Crippen LogP contribution in [0, 0.1) is 0 Å². The third kappa shape index (κ3) is 3.06. The lowest BCUT2D eigenvalue weighted by Gasteiger charge is -2.18. The van der Waals surface area contributed by atoms with Gasteiger partial charge in [-0.15, -0.1) is 11.3 Å². The maximum Gasteiger partial charge on any atom is 0.273 e. The lowest BCUT2D eigenvalue weighted by Crippen LogP contribution is -2.32. The Morgan fingerprint density at radius 2 is 1.94 bits per heavy atom. The van der Waals surface area contributed by atoms with E-state index >= 15 is 0 Å². The summed E-state index contributed by atoms with van der Waals surface area (Å²) in [5.74, 6) is 0.528. The number of hydrogen-bond acceptors (Lipinski definition) is 3. The molecule has 1 aliphatic heterocycles. The van der Waals surface area contributed by atoms with Crippen LogP contribution in [0.4, 0.5) is 0 Å². The summed E-state index contributed by atoms with van der Waals surface area (Å²) >= 11 is 1.60. The van der Waals surface area contributed by atoms with E-state index < -0.39 is 0 Å². The Morgan fingerprint density at radius 1 is 1.29 bits per heavy atom. The summed E-state index contributed by atoms with van der Waals surface area (Å²) in [5, 5.41) is 2.96. The third-order valence-electron chi connectivity index (χ3n) is 3.13. The van der Waals surface area contributed by atoms with Gasteiger partial charge in [-0.05, 0) is 12.8 Å². The third-order valence-corrected chi connectivity index (χ3v) is 4.27. The second kappa shape index (κ2) is 5.63. The molecule has 0 unspecified atom stereocenters. The number of aromatic nitrogens is 1. The molecule has 0 aliphatic carbocycles. The summed E-state index contributed by atoms with van der Waals surface area (Å²) in [6, 6.07) is 0. The van der Waals surface area contributed by atoms with Crippen LogP contribution in [0.15, 0.2) is 5.38 Å². The van der Waals surface area contributed by atoms with Crippen LogP contribution in [-0.4, -0.2) is 28.9 Å². The predicted octanol–water partition coefficient (Wildman–Crippen LogP) is 3.28. The minimum Gasteiger partial charge on any atom is -0.337 e. The first kappa shape index (κ1) is 12.6. The van der Waals surface area contributed by atoms with Crippen LogP contribution < -0.4 is 0 Å². The minimum atomic E-state index is 0.120. The fraction of sp³-hybridized carbons (Fsp3) is 0.692. The molecule has 17 heavy (non-hydrogen) atoms. The molecule has 0 atom stereocenters. The number of thiazole rings is 1. The van der Waals surface area contributed by atoms with E-state index in [2.05, 4.69) is 18.8 Å². The van der Waals surface area contributed by atoms with Gasteiger partial charge in [0, 0.05) is 24.4 Å². The van der Waals surface area contributed by atoms with Crippen molar-refractivity contribution in [2.45, 2.75) is 45.4 Å². The maximum atomic E-state index is 12.3. The zero-order valence-electron chi connectivity index (χ0n) is 10.6. The molecule has 1 saturated heterocycles. The van der Waals surface area contributed by atoms with E-state index in [1.54, 1.807) is 11.3 Å². The first-order valence-corrected chi connectivity index (χ1v) is 7.31. The summed E-state index contributed by atoms with van der Waals surface area (Å²) in [5.41, 5.74) is 0.639. The summed E-state index contributed by atoms with van der Waals surface area (Å²) in [7, 11) is 0. The lowest BCUT2D eigenvalue weighted by atomic mass is 10.2. The molecule has 0 spiro atoms. The molecule has 2 heterocycles. The van der Waals surface area contributed by atoms with Crippen LogP contribution in [0.1, 0.15) is 60.9 Å². The van der Waals surface area contributed by atoms with E-state index in [9.17, 15) is 4.79 Å². The molecule has 1 aliphatic rings. The lowest BCUT2D eigenvalue weighted by molar-refractivity contribution is 0.0756. The van der Waals surface area contributed by atoms with Crippen LogP contribution in [0.5, 0.6) is 0 Å². The number of hydrogen-bond donors (Lipinski definition) is 0. The summed E-state index contributed by atoms with van der Waals surface area (Å²) in [4.78, 5) is 18.7. The molecule has 4 heteroatoms. The summed E-state index contributed by atoms with van der Waals surface area (Å²) in [6.45, 7) is 6.01. The van der Waals surface area contributed by atoms with Crippen molar-refractivity contribution >= 4 is 17.2 Å². The van der Waals surface area contributed by atoms with Gasteiger partial charge in [0.05, 0.1) is 5.01 Å². The van der Waals surface area contributed by atoms with Gasteiger partial charge in [-0.3, -0.25) is 4.79 Å². The molecule has 0 bridgehead atoms. The van der Waals surface area contributed by atoms with Gasteiger partial charge >= 0.3 is 0 Å². The highest BCUT2D eigenvalue weighted by Gasteiger charge is 2.20. The van der Waals surface area contributed by atoms with Crippen molar-refractivity contribution in [3.05, 3.63) is 16.1 Å². The molecule has 1 fully saturated rings. The molecule has 0 N–H and O–H groups in total. The Balaban J connectivity index is 2.06. The van der Waals surface area contributed by atoms with Gasteiger partial charge in [0.15, 0.2) is 0 Å². The Morgan fingerprint density at radius 3 is 2.47 bits per heavy atom. The van der Waals surface area contributed by atoms with E-state index in [0.29, 0.717) is 11.6 Å². The van der Waals surface area contributed by atoms with Crippen LogP contribution in [0.2, 0.25) is 0 Å². The zero-order chi connectivity index (χ0) is 12.3. The van der Waals surface area contributed by atoms with Crippen molar-refractivity contribution in [1.29, 1.82) is 0 Å². The van der Waals surface area contributed by atoms with Gasteiger partial charge in [-0.25, -0.2) is 4.98 Å². The normalized spacial score (nSPS) is 17.2. The molecule has 0 saturated carbocycles. The highest BCUT2D eigenvalue weighted by molar-refractivity contribution is 7.09. The second-order valence-electron chi connectivity index (χ2n) is 4.93. The summed E-state index contributed by atoms with van der Waals surface area (Å²) in [6.07, 6.45) is 4.76. The molecule has 94 valence electrons. The molecule has 1 amide bonds. The number of rotatable bonds is 2. The number of likely N-dealkylation sites (tertiary alicyclic amines) is 1. The van der Waals surface area contributed by atoms with Gasteiger partial charge in [-0.1, -0.05) is 26.7 Å². The zero-order valence-corrected chi connectivity index (χ0v) is 11.4. The number of carbonyl (C=O) groups is 1. The fourth-order valence-electron chi connectivity index (χ4n) is 2.09. The number of nitrogens with zero attached hydrogens (tertiary/aromatic N) is 2. The Labute approximate surface area is 107 Å². The standard InChI is InChI=1S/C13H20N2OS/c1-10(2)12-14-11(9-17-12)13(16)15-7-5-3-4-6-8-15/h9-10H,3-8H2,1-2H3. The highest BCUT2D eigenvalue weighted by atomic mass is 32.1. The Bertz CT molecular complexity index is 379. The Hall–Kier alpha value is -0.900. The number of amides is 1. The number of carbonyl (C=O) groups excluding carboxylic acids is 1. The Kier molecular flexibility index (Phi) is 4.15. The van der Waals surface area contributed by atoms with Crippen molar-refractivity contribution in [2.24, 2.45) is 0 Å². The van der Waals surface area contributed by atoms with Crippen LogP contribution in [0.3, 0.4) is 0 Å². The van der Waals surface area contributed by atoms with Gasteiger partial charge in [0.2, 0.25) is 0 Å². The van der Waals surface area contributed by atoms with E-state index in [-0.39, 0.29) is 5.91 Å². The molecule has 3 nitrogen and oxygen atoms in total. The first-order valence-electron chi connectivity index (χ1n) is 6.43. The SMILES string of the molecule is CC(C)c1nc(C(=O)N2CCCCCC2)cs1. The first-order chi connectivity index (χ1) is 8.18. The van der Waals surface area contributed by atoms with E-state index in [1.165, 1.54) is 12.8 Å². The molecule has 1 aromatic rings. The maximum absolute atomic E-state index is 12.3.